The number of fused-ring (bicyclic) bond motifs is 2. The number of hydrazine groups is 1. The van der Waals surface area contributed by atoms with Gasteiger partial charge >= 0.3 is 6.18 Å². The lowest BCUT2D eigenvalue weighted by molar-refractivity contribution is -0.141. The van der Waals surface area contributed by atoms with Crippen LogP contribution in [-0.2, 0) is 15.8 Å². The molecule has 1 fully saturated rings. The number of aliphatic imine (C=N–C) groups is 1. The van der Waals surface area contributed by atoms with E-state index in [9.17, 15) is 32.3 Å². The van der Waals surface area contributed by atoms with E-state index < -0.39 is 63.9 Å². The average Bonchev–Trinajstić information content (AvgIpc) is 3.52. The Bertz CT molecular complexity index is 1610. The van der Waals surface area contributed by atoms with Gasteiger partial charge in [0.15, 0.2) is 17.4 Å². The van der Waals surface area contributed by atoms with Crippen molar-refractivity contribution in [3.63, 3.8) is 0 Å². The lowest BCUT2D eigenvalue weighted by atomic mass is 9.82. The van der Waals surface area contributed by atoms with Crippen LogP contribution in [0.4, 0.5) is 19.0 Å². The number of imide groups is 1. The number of Topliss-reactive ketones (excluding diaryl/α,β-unsaturated/α-hetero) is 2. The molecule has 0 bridgehead atoms. The molecule has 1 aromatic carbocycles. The van der Waals surface area contributed by atoms with E-state index in [0.29, 0.717) is 18.0 Å². The fourth-order valence-electron chi connectivity index (χ4n) is 5.51. The number of carbonyl (C=O) groups is 4. The first-order valence-corrected chi connectivity index (χ1v) is 12.4. The molecule has 2 amide bonds. The molecule has 13 heteroatoms. The maximum Gasteiger partial charge on any atom is 0.417 e. The van der Waals surface area contributed by atoms with Crippen LogP contribution in [0.25, 0.3) is 0 Å². The van der Waals surface area contributed by atoms with Crippen molar-refractivity contribution >= 4 is 46.5 Å². The van der Waals surface area contributed by atoms with Gasteiger partial charge in [0.25, 0.3) is 11.8 Å². The van der Waals surface area contributed by atoms with Crippen LogP contribution in [0, 0.1) is 17.8 Å². The topological polar surface area (TPSA) is 113 Å². The summed E-state index contributed by atoms with van der Waals surface area (Å²) < 4.78 is 39.4. The molecule has 0 spiro atoms. The molecule has 2 aromatic heterocycles. The molecule has 3 unspecified atom stereocenters. The van der Waals surface area contributed by atoms with Crippen LogP contribution in [0.5, 0.6) is 0 Å². The minimum Gasteiger partial charge on any atom is -0.293 e. The van der Waals surface area contributed by atoms with Gasteiger partial charge in [0.05, 0.1) is 28.1 Å². The van der Waals surface area contributed by atoms with Crippen LogP contribution in [0.1, 0.15) is 38.0 Å². The molecule has 0 N–H and O–H groups in total. The van der Waals surface area contributed by atoms with Crippen LogP contribution in [0.2, 0.25) is 5.02 Å². The lowest BCUT2D eigenvalue weighted by Crippen LogP contribution is -2.47. The van der Waals surface area contributed by atoms with E-state index in [-0.39, 0.29) is 22.7 Å². The van der Waals surface area contributed by atoms with Crippen LogP contribution >= 0.6 is 11.6 Å². The largest absolute Gasteiger partial charge is 0.417 e. The van der Waals surface area contributed by atoms with E-state index in [0.717, 1.165) is 10.0 Å². The van der Waals surface area contributed by atoms with E-state index in [1.54, 1.807) is 30.3 Å². The van der Waals surface area contributed by atoms with E-state index in [2.05, 4.69) is 15.0 Å². The van der Waals surface area contributed by atoms with Gasteiger partial charge in [-0.25, -0.2) is 4.98 Å². The number of alkyl halides is 3. The summed E-state index contributed by atoms with van der Waals surface area (Å²) in [6, 6.07) is 10.8. The van der Waals surface area contributed by atoms with Gasteiger partial charge in [-0.1, -0.05) is 41.9 Å². The Hall–Kier alpha value is -4.45. The normalized spacial score (nSPS) is 22.6. The number of rotatable bonds is 4. The van der Waals surface area contributed by atoms with Crippen molar-refractivity contribution in [2.24, 2.45) is 22.7 Å². The number of anilines is 1. The minimum atomic E-state index is -4.71. The fourth-order valence-corrected chi connectivity index (χ4v) is 5.80. The summed E-state index contributed by atoms with van der Waals surface area (Å²) in [6.45, 7) is 0. The van der Waals surface area contributed by atoms with Crippen LogP contribution < -0.4 is 5.01 Å². The molecule has 3 aromatic rings. The van der Waals surface area contributed by atoms with Crippen molar-refractivity contribution in [3.8, 4) is 0 Å². The number of hydrogen-bond acceptors (Lipinski definition) is 8. The zero-order chi connectivity index (χ0) is 28.5. The number of hydrogen-bond donors (Lipinski definition) is 0. The number of pyridine rings is 2. The monoisotopic (exact) mass is 567 g/mol. The lowest BCUT2D eigenvalue weighted by Gasteiger charge is -2.29. The molecule has 9 nitrogen and oxygen atoms in total. The summed E-state index contributed by atoms with van der Waals surface area (Å²) in [7, 11) is 1.26. The van der Waals surface area contributed by atoms with Crippen LogP contribution in [-0.4, -0.2) is 51.1 Å². The van der Waals surface area contributed by atoms with Gasteiger partial charge in [-0.05, 0) is 18.2 Å². The standard InChI is InChI=1S/C27H17ClF3N5O4/c1-35(24-15(28)10-12(11-33-24)27(29,30)31)36-25(39)17-18(26(36)40)21(34-20(17)16-8-4-5-9-32-16)19-22(37)13-6-2-3-7-14(13)23(19)38/h2-11,17-20H,1H3. The SMILES string of the molecule is CN(c1ncc(C(F)(F)F)cc1Cl)N1C(=O)C2C(C3C(=O)c4ccccc4C3=O)=NC(c3ccccn3)C2C1=O. The molecule has 202 valence electrons. The molecule has 3 aliphatic rings. The maximum absolute atomic E-state index is 13.9. The average molecular weight is 568 g/mol. The second-order valence-corrected chi connectivity index (χ2v) is 9.91. The number of ketones is 2. The summed E-state index contributed by atoms with van der Waals surface area (Å²) in [5.41, 5.74) is -0.408. The Kier molecular flexibility index (Phi) is 5.84. The molecular weight excluding hydrogens is 551 g/mol. The molecule has 0 radical (unpaired) electrons. The van der Waals surface area contributed by atoms with E-state index in [1.807, 2.05) is 0 Å². The van der Waals surface area contributed by atoms with E-state index >= 15 is 0 Å². The fraction of sp³-hybridized carbons (Fsp3) is 0.222. The summed E-state index contributed by atoms with van der Waals surface area (Å²) in [6.07, 6.45) is -2.68. The van der Waals surface area contributed by atoms with Gasteiger partial charge in [0, 0.05) is 36.3 Å². The maximum atomic E-state index is 13.9. The van der Waals surface area contributed by atoms with Gasteiger partial charge in [-0.15, -0.1) is 0 Å². The third kappa shape index (κ3) is 3.74. The van der Waals surface area contributed by atoms with E-state index in [1.165, 1.54) is 25.4 Å². The first kappa shape index (κ1) is 25.8. The predicted octanol–water partition coefficient (Wildman–Crippen LogP) is 3.99. The Balaban J connectivity index is 1.42. The highest BCUT2D eigenvalue weighted by molar-refractivity contribution is 6.39. The summed E-state index contributed by atoms with van der Waals surface area (Å²) in [4.78, 5) is 67.0. The minimum absolute atomic E-state index is 0.0485. The number of benzene rings is 1. The quantitative estimate of drug-likeness (QED) is 0.346. The zero-order valence-corrected chi connectivity index (χ0v) is 21.2. The third-order valence-corrected chi connectivity index (χ3v) is 7.58. The van der Waals surface area contributed by atoms with Gasteiger partial charge < -0.3 is 0 Å². The third-order valence-electron chi connectivity index (χ3n) is 7.30. The van der Waals surface area contributed by atoms with Crippen molar-refractivity contribution in [1.82, 2.24) is 15.0 Å². The highest BCUT2D eigenvalue weighted by Crippen LogP contribution is 2.48. The Morgan fingerprint density at radius 2 is 1.57 bits per heavy atom. The molecule has 2 aliphatic heterocycles. The van der Waals surface area contributed by atoms with Gasteiger partial charge in [-0.2, -0.15) is 18.2 Å². The summed E-state index contributed by atoms with van der Waals surface area (Å²) in [5, 5.41) is 1.24. The molecule has 0 saturated carbocycles. The second kappa shape index (κ2) is 9.05. The van der Waals surface area contributed by atoms with Crippen molar-refractivity contribution in [2.45, 2.75) is 12.2 Å². The van der Waals surface area contributed by atoms with Crippen LogP contribution in [0.3, 0.4) is 0 Å². The summed E-state index contributed by atoms with van der Waals surface area (Å²) in [5.74, 6) is -6.74. The summed E-state index contributed by atoms with van der Waals surface area (Å²) >= 11 is 6.09. The first-order valence-electron chi connectivity index (χ1n) is 12.0. The Morgan fingerprint density at radius 3 is 2.15 bits per heavy atom. The van der Waals surface area contributed by atoms with Gasteiger partial charge in [0.1, 0.15) is 12.0 Å². The highest BCUT2D eigenvalue weighted by atomic mass is 35.5. The van der Waals surface area contributed by atoms with Crippen LogP contribution in [0.15, 0.2) is 65.9 Å². The van der Waals surface area contributed by atoms with Crippen molar-refractivity contribution < 1.29 is 32.3 Å². The second-order valence-electron chi connectivity index (χ2n) is 9.50. The van der Waals surface area contributed by atoms with E-state index in [4.69, 9.17) is 11.6 Å². The van der Waals surface area contributed by atoms with Gasteiger partial charge in [-0.3, -0.25) is 34.2 Å². The molecular formula is C27H17ClF3N5O4. The molecule has 40 heavy (non-hydrogen) atoms. The van der Waals surface area contributed by atoms with Crippen molar-refractivity contribution in [1.29, 1.82) is 0 Å². The smallest absolute Gasteiger partial charge is 0.293 e. The van der Waals surface area contributed by atoms with Crippen molar-refractivity contribution in [3.05, 3.63) is 88.3 Å². The first-order chi connectivity index (χ1) is 19.0. The molecule has 1 aliphatic carbocycles. The molecule has 1 saturated heterocycles. The van der Waals surface area contributed by atoms with Gasteiger partial charge in [0.2, 0.25) is 0 Å². The molecule has 4 heterocycles. The highest BCUT2D eigenvalue weighted by Gasteiger charge is 2.62. The number of aromatic nitrogens is 2. The molecule has 3 atom stereocenters. The molecule has 6 rings (SSSR count). The number of amides is 2. The van der Waals surface area contributed by atoms with Crippen molar-refractivity contribution in [2.75, 3.05) is 12.1 Å². The number of carbonyl (C=O) groups excluding carboxylic acids is 4. The Morgan fingerprint density at radius 1 is 0.925 bits per heavy atom. The number of nitrogens with zero attached hydrogens (tertiary/aromatic N) is 5. The Labute approximate surface area is 229 Å². The number of halogens is 4. The predicted molar refractivity (Wildman–Crippen MR) is 134 cm³/mol. The zero-order valence-electron chi connectivity index (χ0n) is 20.5.